The van der Waals surface area contributed by atoms with Gasteiger partial charge in [0.15, 0.2) is 5.82 Å². The van der Waals surface area contributed by atoms with Gasteiger partial charge in [0, 0.05) is 11.9 Å². The fourth-order valence-corrected chi connectivity index (χ4v) is 3.07. The van der Waals surface area contributed by atoms with Crippen LogP contribution in [0.5, 0.6) is 0 Å². The van der Waals surface area contributed by atoms with Crippen molar-refractivity contribution in [1.82, 2.24) is 24.7 Å². The lowest BCUT2D eigenvalue weighted by molar-refractivity contribution is 0.377. The number of benzene rings is 1. The number of fused-ring (bicyclic) bond motifs is 1. The van der Waals surface area contributed by atoms with E-state index in [0.29, 0.717) is 31.2 Å². The Bertz CT molecular complexity index is 940. The number of nitrogens with zero attached hydrogens (tertiary/aromatic N) is 5. The highest BCUT2D eigenvalue weighted by atomic mass is 32.1. The van der Waals surface area contributed by atoms with Crippen molar-refractivity contribution in [1.29, 1.82) is 0 Å². The van der Waals surface area contributed by atoms with Crippen molar-refractivity contribution in [2.45, 2.75) is 19.5 Å². The maximum Gasteiger partial charge on any atom is 0.232 e. The zero-order chi connectivity index (χ0) is 15.6. The quantitative estimate of drug-likeness (QED) is 0.602. The summed E-state index contributed by atoms with van der Waals surface area (Å²) in [7, 11) is 0. The fraction of sp³-hybridized carbons (Fsp3) is 0.200. The number of para-hydroxylation sites is 2. The monoisotopic (exact) mass is 326 g/mol. The Morgan fingerprint density at radius 3 is 3.00 bits per heavy atom. The van der Waals surface area contributed by atoms with Crippen LogP contribution in [0.2, 0.25) is 0 Å². The number of hydrogen-bond donors (Lipinski definition) is 1. The molecule has 0 bridgehead atoms. The van der Waals surface area contributed by atoms with Crippen LogP contribution in [0.15, 0.2) is 40.5 Å². The highest BCUT2D eigenvalue weighted by molar-refractivity contribution is 7.09. The molecular weight excluding hydrogens is 312 g/mol. The molecule has 7 nitrogen and oxygen atoms in total. The summed E-state index contributed by atoms with van der Waals surface area (Å²) in [5.74, 6) is 1.18. The number of rotatable bonds is 5. The molecule has 8 heteroatoms. The molecule has 0 radical (unpaired) electrons. The Morgan fingerprint density at radius 2 is 2.13 bits per heavy atom. The zero-order valence-electron chi connectivity index (χ0n) is 12.2. The SMILES string of the molecule is NCc1nc(Cc2nc(Cn3cnc4ccccc43)no2)cs1. The Kier molecular flexibility index (Phi) is 3.60. The van der Waals surface area contributed by atoms with E-state index in [1.165, 1.54) is 0 Å². The van der Waals surface area contributed by atoms with Crippen LogP contribution in [0.3, 0.4) is 0 Å². The van der Waals surface area contributed by atoms with Gasteiger partial charge in [-0.05, 0) is 12.1 Å². The summed E-state index contributed by atoms with van der Waals surface area (Å²) in [6.07, 6.45) is 2.31. The first-order valence-electron chi connectivity index (χ1n) is 7.16. The summed E-state index contributed by atoms with van der Waals surface area (Å²) in [6, 6.07) is 7.95. The molecule has 1 aromatic carbocycles. The van der Waals surface area contributed by atoms with Crippen LogP contribution >= 0.6 is 11.3 Å². The average Bonchev–Trinajstić information content (AvgIpc) is 3.29. The predicted octanol–water partition coefficient (Wildman–Crippen LogP) is 1.97. The normalized spacial score (nSPS) is 11.3. The molecule has 0 spiro atoms. The van der Waals surface area contributed by atoms with Gasteiger partial charge in [-0.25, -0.2) is 9.97 Å². The molecule has 3 heterocycles. The van der Waals surface area contributed by atoms with Gasteiger partial charge in [0.2, 0.25) is 5.89 Å². The third-order valence-corrected chi connectivity index (χ3v) is 4.38. The molecule has 0 amide bonds. The van der Waals surface area contributed by atoms with E-state index in [2.05, 4.69) is 20.1 Å². The van der Waals surface area contributed by atoms with E-state index in [-0.39, 0.29) is 0 Å². The number of nitrogens with two attached hydrogens (primary N) is 1. The van der Waals surface area contributed by atoms with Crippen LogP contribution in [-0.2, 0) is 19.5 Å². The van der Waals surface area contributed by atoms with Crippen LogP contribution < -0.4 is 5.73 Å². The van der Waals surface area contributed by atoms with Gasteiger partial charge >= 0.3 is 0 Å². The van der Waals surface area contributed by atoms with Crippen molar-refractivity contribution in [3.63, 3.8) is 0 Å². The van der Waals surface area contributed by atoms with Gasteiger partial charge in [-0.1, -0.05) is 17.3 Å². The minimum absolute atomic E-state index is 0.452. The Labute approximate surface area is 135 Å². The lowest BCUT2D eigenvalue weighted by Gasteiger charge is -1.98. The summed E-state index contributed by atoms with van der Waals surface area (Å²) in [5.41, 5.74) is 8.47. The largest absolute Gasteiger partial charge is 0.339 e. The van der Waals surface area contributed by atoms with E-state index in [0.717, 1.165) is 21.7 Å². The molecule has 4 aromatic rings. The maximum atomic E-state index is 5.57. The number of aromatic nitrogens is 5. The molecule has 0 saturated carbocycles. The molecule has 4 rings (SSSR count). The minimum atomic E-state index is 0.452. The van der Waals surface area contributed by atoms with Crippen molar-refractivity contribution < 1.29 is 4.52 Å². The van der Waals surface area contributed by atoms with Gasteiger partial charge in [0.25, 0.3) is 0 Å². The van der Waals surface area contributed by atoms with Crippen molar-refractivity contribution in [2.24, 2.45) is 5.73 Å². The molecule has 0 atom stereocenters. The summed E-state index contributed by atoms with van der Waals surface area (Å²) in [6.45, 7) is 0.975. The Hall–Kier alpha value is -2.58. The van der Waals surface area contributed by atoms with Crippen LogP contribution in [0.4, 0.5) is 0 Å². The van der Waals surface area contributed by atoms with Crippen LogP contribution in [0.1, 0.15) is 22.4 Å². The van der Waals surface area contributed by atoms with E-state index in [9.17, 15) is 0 Å². The molecule has 0 unspecified atom stereocenters. The average molecular weight is 326 g/mol. The highest BCUT2D eigenvalue weighted by Gasteiger charge is 2.11. The Morgan fingerprint density at radius 1 is 1.22 bits per heavy atom. The Balaban J connectivity index is 1.51. The van der Waals surface area contributed by atoms with E-state index >= 15 is 0 Å². The third kappa shape index (κ3) is 2.86. The van der Waals surface area contributed by atoms with Crippen molar-refractivity contribution in [2.75, 3.05) is 0 Å². The topological polar surface area (TPSA) is 95.7 Å². The molecule has 0 aliphatic heterocycles. The molecule has 0 aliphatic carbocycles. The minimum Gasteiger partial charge on any atom is -0.339 e. The molecule has 0 fully saturated rings. The third-order valence-electron chi connectivity index (χ3n) is 3.46. The van der Waals surface area contributed by atoms with E-state index in [4.69, 9.17) is 10.3 Å². The van der Waals surface area contributed by atoms with Crippen LogP contribution in [0.25, 0.3) is 11.0 Å². The van der Waals surface area contributed by atoms with Gasteiger partial charge in [-0.2, -0.15) is 4.98 Å². The van der Waals surface area contributed by atoms with E-state index < -0.39 is 0 Å². The summed E-state index contributed by atoms with van der Waals surface area (Å²) < 4.78 is 7.31. The number of thiazole rings is 1. The van der Waals surface area contributed by atoms with E-state index in [1.54, 1.807) is 17.7 Å². The fourth-order valence-electron chi connectivity index (χ4n) is 2.39. The molecule has 3 aromatic heterocycles. The highest BCUT2D eigenvalue weighted by Crippen LogP contribution is 2.15. The van der Waals surface area contributed by atoms with Gasteiger partial charge in [-0.15, -0.1) is 11.3 Å². The van der Waals surface area contributed by atoms with Crippen LogP contribution in [0, 0.1) is 0 Å². The first-order valence-corrected chi connectivity index (χ1v) is 8.04. The molecular formula is C15H14N6OS. The standard InChI is InChI=1S/C15H14N6OS/c16-6-15-18-10(8-23-15)5-14-19-13(20-22-14)7-21-9-17-11-3-1-2-4-12(11)21/h1-4,8-9H,5-7,16H2. The number of hydrogen-bond acceptors (Lipinski definition) is 7. The van der Waals surface area contributed by atoms with Gasteiger partial charge < -0.3 is 14.8 Å². The second-order valence-electron chi connectivity index (χ2n) is 5.08. The molecule has 23 heavy (non-hydrogen) atoms. The molecule has 0 saturated heterocycles. The summed E-state index contributed by atoms with van der Waals surface area (Å²) >= 11 is 1.54. The lowest BCUT2D eigenvalue weighted by Crippen LogP contribution is -2.00. The van der Waals surface area contributed by atoms with Gasteiger partial charge in [0.1, 0.15) is 5.01 Å². The van der Waals surface area contributed by atoms with Crippen molar-refractivity contribution in [3.05, 3.63) is 58.4 Å². The molecule has 2 N–H and O–H groups in total. The van der Waals surface area contributed by atoms with Crippen molar-refractivity contribution in [3.8, 4) is 0 Å². The molecule has 0 aliphatic rings. The first-order chi connectivity index (χ1) is 11.3. The zero-order valence-corrected chi connectivity index (χ0v) is 13.0. The van der Waals surface area contributed by atoms with Gasteiger partial charge in [-0.3, -0.25) is 0 Å². The second kappa shape index (κ2) is 5.90. The summed E-state index contributed by atoms with van der Waals surface area (Å²) in [5, 5.41) is 6.91. The van der Waals surface area contributed by atoms with E-state index in [1.807, 2.05) is 34.2 Å². The van der Waals surface area contributed by atoms with Crippen molar-refractivity contribution >= 4 is 22.4 Å². The van der Waals surface area contributed by atoms with Crippen LogP contribution in [-0.4, -0.2) is 24.7 Å². The first kappa shape index (κ1) is 14.0. The second-order valence-corrected chi connectivity index (χ2v) is 6.02. The summed E-state index contributed by atoms with van der Waals surface area (Å²) in [4.78, 5) is 13.2. The molecule has 116 valence electrons. The maximum absolute atomic E-state index is 5.57. The lowest BCUT2D eigenvalue weighted by atomic mass is 10.3. The van der Waals surface area contributed by atoms with Gasteiger partial charge in [0.05, 0.1) is 36.0 Å². The number of imidazole rings is 1. The predicted molar refractivity (Wildman–Crippen MR) is 85.9 cm³/mol. The smallest absolute Gasteiger partial charge is 0.232 e.